The Morgan fingerprint density at radius 3 is 3.03 bits per heavy atom. The standard InChI is InChI=1S/C19H20N8OS/c1-11-10-28-7-6-26(11)16-8-13(15-9-21-25-27(15)12-2-3-12)19-18(22-16)17(24-29-19)14-4-5-20-23-14/h4-5,8-9,11-12H,2-3,6-7,10H2,1H3,(H,20,23)/t11-/m1/s1. The van der Waals surface area contributed by atoms with Crippen LogP contribution < -0.4 is 4.90 Å². The topological polar surface area (TPSA) is 97.6 Å². The van der Waals surface area contributed by atoms with Gasteiger partial charge in [0.15, 0.2) is 0 Å². The highest BCUT2D eigenvalue weighted by atomic mass is 32.1. The first-order valence-electron chi connectivity index (χ1n) is 9.84. The normalized spacial score (nSPS) is 19.9. The molecule has 4 aromatic heterocycles. The number of pyridine rings is 1. The third kappa shape index (κ3) is 2.82. The molecule has 4 aromatic rings. The molecule has 0 amide bonds. The van der Waals surface area contributed by atoms with Crippen molar-refractivity contribution < 1.29 is 4.74 Å². The number of ether oxygens (including phenoxy) is 1. The van der Waals surface area contributed by atoms with E-state index in [0.717, 1.165) is 58.1 Å². The Hall–Kier alpha value is -2.85. The summed E-state index contributed by atoms with van der Waals surface area (Å²) in [5.74, 6) is 0.938. The Labute approximate surface area is 170 Å². The molecule has 1 saturated carbocycles. The SMILES string of the molecule is C[C@@H]1COCCN1c1cc(-c2cnnn2C2CC2)c2snc(-c3ccn[nH]3)c2n1. The molecule has 2 aliphatic rings. The molecule has 0 radical (unpaired) electrons. The molecule has 0 unspecified atom stereocenters. The fraction of sp³-hybridized carbons (Fsp3) is 0.421. The van der Waals surface area contributed by atoms with E-state index in [1.165, 1.54) is 11.5 Å². The molecule has 29 heavy (non-hydrogen) atoms. The van der Waals surface area contributed by atoms with Crippen molar-refractivity contribution in [2.24, 2.45) is 0 Å². The summed E-state index contributed by atoms with van der Waals surface area (Å²) in [6.07, 6.45) is 5.90. The summed E-state index contributed by atoms with van der Waals surface area (Å²) in [4.78, 5) is 7.36. The molecular formula is C19H20N8OS. The van der Waals surface area contributed by atoms with Gasteiger partial charge in [0.25, 0.3) is 0 Å². The van der Waals surface area contributed by atoms with Crippen molar-refractivity contribution in [2.75, 3.05) is 24.7 Å². The van der Waals surface area contributed by atoms with E-state index in [-0.39, 0.29) is 6.04 Å². The minimum absolute atomic E-state index is 0.259. The van der Waals surface area contributed by atoms with E-state index in [4.69, 9.17) is 14.1 Å². The maximum Gasteiger partial charge on any atom is 0.130 e. The van der Waals surface area contributed by atoms with Gasteiger partial charge >= 0.3 is 0 Å². The molecule has 5 heterocycles. The van der Waals surface area contributed by atoms with Gasteiger partial charge in [-0.3, -0.25) is 5.10 Å². The fourth-order valence-corrected chi connectivity index (χ4v) is 4.76. The van der Waals surface area contributed by atoms with Crippen molar-refractivity contribution in [1.29, 1.82) is 0 Å². The van der Waals surface area contributed by atoms with Crippen LogP contribution in [0.2, 0.25) is 0 Å². The zero-order valence-corrected chi connectivity index (χ0v) is 16.8. The zero-order chi connectivity index (χ0) is 19.4. The van der Waals surface area contributed by atoms with Crippen LogP contribution in [0.4, 0.5) is 5.82 Å². The molecule has 0 spiro atoms. The molecule has 1 atom stereocenters. The van der Waals surface area contributed by atoms with Crippen molar-refractivity contribution in [1.82, 2.24) is 34.5 Å². The van der Waals surface area contributed by atoms with Crippen LogP contribution in [0.3, 0.4) is 0 Å². The number of aromatic nitrogens is 7. The molecule has 9 nitrogen and oxygen atoms in total. The smallest absolute Gasteiger partial charge is 0.130 e. The van der Waals surface area contributed by atoms with Gasteiger partial charge in [0.05, 0.1) is 47.6 Å². The second-order valence-corrected chi connectivity index (χ2v) is 8.39. The van der Waals surface area contributed by atoms with Crippen LogP contribution in [-0.4, -0.2) is 60.3 Å². The summed E-state index contributed by atoms with van der Waals surface area (Å²) in [7, 11) is 0. The third-order valence-corrected chi connectivity index (χ3v) is 6.44. The van der Waals surface area contributed by atoms with E-state index >= 15 is 0 Å². The quantitative estimate of drug-likeness (QED) is 0.554. The highest BCUT2D eigenvalue weighted by Gasteiger charge is 2.30. The molecule has 0 bridgehead atoms. The molecule has 2 fully saturated rings. The molecule has 1 N–H and O–H groups in total. The van der Waals surface area contributed by atoms with E-state index in [9.17, 15) is 0 Å². The Morgan fingerprint density at radius 1 is 1.31 bits per heavy atom. The summed E-state index contributed by atoms with van der Waals surface area (Å²) < 4.78 is 13.4. The summed E-state index contributed by atoms with van der Waals surface area (Å²) >= 11 is 1.46. The second kappa shape index (κ2) is 6.60. The molecule has 1 aliphatic carbocycles. The second-order valence-electron chi connectivity index (χ2n) is 7.62. The molecular weight excluding hydrogens is 388 g/mol. The number of aromatic amines is 1. The number of anilines is 1. The average Bonchev–Trinajstić information content (AvgIpc) is 3.15. The van der Waals surface area contributed by atoms with Gasteiger partial charge in [-0.05, 0) is 43.4 Å². The maximum absolute atomic E-state index is 5.63. The molecule has 148 valence electrons. The summed E-state index contributed by atoms with van der Waals surface area (Å²) in [6.45, 7) is 4.39. The summed E-state index contributed by atoms with van der Waals surface area (Å²) in [6, 6.07) is 4.80. The molecule has 1 aliphatic heterocycles. The monoisotopic (exact) mass is 408 g/mol. The number of hydrogen-bond donors (Lipinski definition) is 1. The Kier molecular flexibility index (Phi) is 3.88. The lowest BCUT2D eigenvalue weighted by atomic mass is 10.1. The predicted octanol–water partition coefficient (Wildman–Crippen LogP) is 2.90. The third-order valence-electron chi connectivity index (χ3n) is 5.57. The lowest BCUT2D eigenvalue weighted by Gasteiger charge is -2.34. The zero-order valence-electron chi connectivity index (χ0n) is 15.9. The molecule has 6 rings (SSSR count). The molecule has 0 aromatic carbocycles. The Balaban J connectivity index is 1.58. The van der Waals surface area contributed by atoms with Crippen LogP contribution in [0.5, 0.6) is 0 Å². The largest absolute Gasteiger partial charge is 0.377 e. The summed E-state index contributed by atoms with van der Waals surface area (Å²) in [5.41, 5.74) is 4.70. The lowest BCUT2D eigenvalue weighted by molar-refractivity contribution is 0.0986. The van der Waals surface area contributed by atoms with Crippen molar-refractivity contribution >= 4 is 27.6 Å². The van der Waals surface area contributed by atoms with Gasteiger partial charge in [0.2, 0.25) is 0 Å². The lowest BCUT2D eigenvalue weighted by Crippen LogP contribution is -2.44. The van der Waals surface area contributed by atoms with Gasteiger partial charge < -0.3 is 9.64 Å². The predicted molar refractivity (Wildman–Crippen MR) is 110 cm³/mol. The minimum Gasteiger partial charge on any atom is -0.377 e. The first kappa shape index (κ1) is 17.0. The van der Waals surface area contributed by atoms with E-state index in [0.29, 0.717) is 19.3 Å². The Morgan fingerprint density at radius 2 is 2.24 bits per heavy atom. The van der Waals surface area contributed by atoms with Gasteiger partial charge in [0, 0.05) is 18.3 Å². The van der Waals surface area contributed by atoms with Crippen molar-refractivity contribution in [3.8, 4) is 22.6 Å². The van der Waals surface area contributed by atoms with Crippen LogP contribution in [0.15, 0.2) is 24.5 Å². The van der Waals surface area contributed by atoms with E-state index in [2.05, 4.69) is 43.1 Å². The Bertz CT molecular complexity index is 1160. The number of nitrogens with zero attached hydrogens (tertiary/aromatic N) is 7. The highest BCUT2D eigenvalue weighted by molar-refractivity contribution is 7.14. The van der Waals surface area contributed by atoms with Crippen LogP contribution in [0, 0.1) is 0 Å². The number of rotatable bonds is 4. The highest BCUT2D eigenvalue weighted by Crippen LogP contribution is 2.42. The van der Waals surface area contributed by atoms with Crippen molar-refractivity contribution in [3.63, 3.8) is 0 Å². The van der Waals surface area contributed by atoms with Crippen LogP contribution in [0.1, 0.15) is 25.8 Å². The average molecular weight is 408 g/mol. The molecule has 1 saturated heterocycles. The fourth-order valence-electron chi connectivity index (χ4n) is 3.90. The number of H-pyrrole nitrogens is 1. The van der Waals surface area contributed by atoms with Gasteiger partial charge in [-0.1, -0.05) is 5.21 Å². The maximum atomic E-state index is 5.63. The van der Waals surface area contributed by atoms with Crippen molar-refractivity contribution in [2.45, 2.75) is 31.8 Å². The van der Waals surface area contributed by atoms with Crippen LogP contribution in [0.25, 0.3) is 32.9 Å². The first-order chi connectivity index (χ1) is 14.3. The number of hydrogen-bond acceptors (Lipinski definition) is 8. The number of fused-ring (bicyclic) bond motifs is 1. The van der Waals surface area contributed by atoms with Crippen molar-refractivity contribution in [3.05, 3.63) is 24.5 Å². The number of nitrogens with one attached hydrogen (secondary N) is 1. The van der Waals surface area contributed by atoms with Gasteiger partial charge in [-0.2, -0.15) is 9.47 Å². The van der Waals surface area contributed by atoms with Crippen LogP contribution in [-0.2, 0) is 4.74 Å². The minimum atomic E-state index is 0.259. The van der Waals surface area contributed by atoms with Gasteiger partial charge in [-0.15, -0.1) is 5.10 Å². The summed E-state index contributed by atoms with van der Waals surface area (Å²) in [5, 5.41) is 15.7. The van der Waals surface area contributed by atoms with E-state index in [1.54, 1.807) is 6.20 Å². The molecule has 10 heteroatoms. The van der Waals surface area contributed by atoms with Gasteiger partial charge in [0.1, 0.15) is 17.0 Å². The van der Waals surface area contributed by atoms with Gasteiger partial charge in [-0.25, -0.2) is 9.67 Å². The first-order valence-corrected chi connectivity index (χ1v) is 10.6. The number of morpholine rings is 1. The van der Waals surface area contributed by atoms with E-state index < -0.39 is 0 Å². The van der Waals surface area contributed by atoms with Crippen LogP contribution >= 0.6 is 11.5 Å². The van der Waals surface area contributed by atoms with E-state index in [1.807, 2.05) is 12.3 Å².